The topological polar surface area (TPSA) is 133 Å². The zero-order chi connectivity index (χ0) is 9.28. The Balaban J connectivity index is -0.000000167. The van der Waals surface area contributed by atoms with E-state index in [-0.39, 0.29) is 154 Å². The molecule has 0 aromatic carbocycles. The summed E-state index contributed by atoms with van der Waals surface area (Å²) in [5.74, 6) is 0. The predicted molar refractivity (Wildman–Crippen MR) is 28.2 cm³/mol. The van der Waals surface area contributed by atoms with E-state index >= 15 is 0 Å². The van der Waals surface area contributed by atoms with Gasteiger partial charge in [0.1, 0.15) is 5.59 Å². The fraction of sp³-hybridized carbons (Fsp3) is 1.00. The molecule has 14 heavy (non-hydrogen) atoms. The van der Waals surface area contributed by atoms with Crippen LogP contribution in [0.4, 0.5) is 0 Å². The molecule has 2 atom stereocenters. The molecule has 0 aliphatic rings. The maximum Gasteiger partial charge on any atom is 1.00 e. The van der Waals surface area contributed by atoms with Crippen molar-refractivity contribution in [3.05, 3.63) is 0 Å². The molecule has 2 unspecified atom stereocenters. The van der Waals surface area contributed by atoms with E-state index in [1.54, 1.807) is 0 Å². The maximum absolute atomic E-state index is 10.3. The van der Waals surface area contributed by atoms with E-state index < -0.39 is 20.8 Å². The Morgan fingerprint density at radius 1 is 1.14 bits per heavy atom. The van der Waals surface area contributed by atoms with Crippen molar-refractivity contribution in [3.63, 3.8) is 0 Å². The second-order valence-corrected chi connectivity index (χ2v) is 5.52. The Labute approximate surface area is 209 Å². The van der Waals surface area contributed by atoms with Crippen molar-refractivity contribution in [2.24, 2.45) is 0 Å². The summed E-state index contributed by atoms with van der Waals surface area (Å²) in [6.45, 7) is 0. The summed E-state index contributed by atoms with van der Waals surface area (Å²) in [4.78, 5) is 30.1. The summed E-state index contributed by atoms with van der Waals surface area (Å²) in [5, 5.41) is 8.32. The van der Waals surface area contributed by atoms with Gasteiger partial charge in [0.2, 0.25) is 0 Å². The minimum absolute atomic E-state index is 0. The second kappa shape index (κ2) is 12.0. The molecule has 0 amide bonds. The molecule has 0 radical (unpaired) electrons. The Morgan fingerprint density at radius 2 is 1.43 bits per heavy atom. The van der Waals surface area contributed by atoms with Crippen LogP contribution in [0.15, 0.2) is 0 Å². The van der Waals surface area contributed by atoms with Gasteiger partial charge >= 0.3 is 154 Å². The van der Waals surface area contributed by atoms with Gasteiger partial charge in [-0.15, -0.1) is 0 Å². The number of rotatable bonds is 3. The number of hydrogen-bond acceptors (Lipinski definition) is 7. The van der Waals surface area contributed by atoms with Crippen LogP contribution >= 0.6 is 15.2 Å². The smallest absolute Gasteiger partial charge is 0.809 e. The maximum atomic E-state index is 10.3. The molecule has 12 heteroatoms. The summed E-state index contributed by atoms with van der Waals surface area (Å²) < 4.78 is 23.8. The zero-order valence-electron chi connectivity index (χ0n) is 8.37. The van der Waals surface area contributed by atoms with Crippen LogP contribution < -0.4 is 169 Å². The van der Waals surface area contributed by atoms with Gasteiger partial charge in [0, 0.05) is 7.11 Å². The van der Waals surface area contributed by atoms with E-state index in [0.29, 0.717) is 7.11 Å². The van der Waals surface area contributed by atoms with Crippen molar-refractivity contribution in [2.45, 2.75) is 5.59 Å². The average Bonchev–Trinajstić information content (AvgIpc) is 1.84. The molecule has 0 aliphatic heterocycles. The quantitative estimate of drug-likeness (QED) is 0.403. The van der Waals surface area contributed by atoms with Gasteiger partial charge in [0.15, 0.2) is 7.60 Å². The normalized spacial score (nSPS) is 16.4. The molecule has 0 rings (SSSR count). The summed E-state index contributed by atoms with van der Waals surface area (Å²) in [5.41, 5.74) is -3.00. The fourth-order valence-electron chi connectivity index (χ4n) is 0.267. The molecule has 0 heterocycles. The van der Waals surface area contributed by atoms with E-state index in [1.807, 2.05) is 0 Å². The molecular formula is C2H5K3O7P2. The van der Waals surface area contributed by atoms with E-state index in [0.717, 1.165) is 0 Å². The molecule has 0 aromatic rings. The molecule has 0 aromatic heterocycles. The largest absolute Gasteiger partial charge is 1.00 e. The van der Waals surface area contributed by atoms with E-state index in [4.69, 9.17) is 5.11 Å². The van der Waals surface area contributed by atoms with Crippen molar-refractivity contribution >= 4 is 15.2 Å². The van der Waals surface area contributed by atoms with Crippen LogP contribution in [0.5, 0.6) is 0 Å². The SMILES string of the molecule is COP(=O)([O-])C(O)P(=O)([O-])[O-].[K+].[K+].[K+]. The molecule has 0 aliphatic carbocycles. The summed E-state index contributed by atoms with van der Waals surface area (Å²) in [7, 11) is -9.86. The molecule has 0 saturated carbocycles. The fourth-order valence-corrected chi connectivity index (χ4v) is 2.12. The van der Waals surface area contributed by atoms with Gasteiger partial charge in [0.25, 0.3) is 0 Å². The third-order valence-corrected chi connectivity index (χ3v) is 4.16. The second-order valence-electron chi connectivity index (χ2n) is 1.61. The standard InChI is InChI=1S/C2H8O7P2.3K/c1-9-11(7,8)2(3)10(4,5)6;;;/h2-3H,1H3,(H,7,8)(H2,4,5,6);;;/q;3*+1/p-3. The summed E-state index contributed by atoms with van der Waals surface area (Å²) in [6, 6.07) is 0. The molecule has 0 saturated heterocycles. The summed E-state index contributed by atoms with van der Waals surface area (Å²) >= 11 is 0. The monoisotopic (exact) mass is 320 g/mol. The van der Waals surface area contributed by atoms with Gasteiger partial charge in [-0.05, 0) is 7.60 Å². The van der Waals surface area contributed by atoms with Crippen molar-refractivity contribution in [1.29, 1.82) is 0 Å². The van der Waals surface area contributed by atoms with Gasteiger partial charge in [-0.1, -0.05) is 0 Å². The van der Waals surface area contributed by atoms with Crippen molar-refractivity contribution in [1.82, 2.24) is 0 Å². The van der Waals surface area contributed by atoms with Crippen LogP contribution in [0.1, 0.15) is 0 Å². The van der Waals surface area contributed by atoms with Crippen molar-refractivity contribution in [2.75, 3.05) is 7.11 Å². The first kappa shape index (κ1) is 27.5. The van der Waals surface area contributed by atoms with Crippen LogP contribution in [0.2, 0.25) is 0 Å². The minimum Gasteiger partial charge on any atom is -0.809 e. The third-order valence-electron chi connectivity index (χ3n) is 0.820. The first-order valence-electron chi connectivity index (χ1n) is 2.28. The van der Waals surface area contributed by atoms with Gasteiger partial charge in [-0.2, -0.15) is 0 Å². The van der Waals surface area contributed by atoms with Crippen molar-refractivity contribution < 1.29 is 188 Å². The minimum atomic E-state index is -5.54. The molecule has 68 valence electrons. The van der Waals surface area contributed by atoms with Crippen LogP contribution in [-0.2, 0) is 13.7 Å². The first-order valence-corrected chi connectivity index (χ1v) is 5.50. The number of aliphatic hydroxyl groups is 1. The third kappa shape index (κ3) is 11.0. The zero-order valence-corrected chi connectivity index (χ0v) is 19.5. The van der Waals surface area contributed by atoms with Crippen LogP contribution in [0.25, 0.3) is 0 Å². The van der Waals surface area contributed by atoms with Crippen LogP contribution in [-0.4, -0.2) is 17.8 Å². The number of hydrogen-bond donors (Lipinski definition) is 1. The van der Waals surface area contributed by atoms with Crippen LogP contribution in [0.3, 0.4) is 0 Å². The number of aliphatic hydroxyl groups excluding tert-OH is 1. The Kier molecular flexibility index (Phi) is 23.5. The Morgan fingerprint density at radius 3 is 1.50 bits per heavy atom. The van der Waals surface area contributed by atoms with E-state index in [2.05, 4.69) is 4.52 Å². The van der Waals surface area contributed by atoms with Crippen molar-refractivity contribution in [3.8, 4) is 0 Å². The molecular weight excluding hydrogens is 315 g/mol. The predicted octanol–water partition coefficient (Wildman–Crippen LogP) is -11.6. The van der Waals surface area contributed by atoms with Gasteiger partial charge < -0.3 is 33.4 Å². The van der Waals surface area contributed by atoms with E-state index in [1.165, 1.54) is 0 Å². The van der Waals surface area contributed by atoms with Gasteiger partial charge in [-0.3, -0.25) is 0 Å². The molecule has 0 bridgehead atoms. The molecule has 0 fully saturated rings. The Hall–Kier alpha value is 5.17. The van der Waals surface area contributed by atoms with Gasteiger partial charge in [0.05, 0.1) is 0 Å². The Bertz CT molecular complexity index is 227. The van der Waals surface area contributed by atoms with Gasteiger partial charge in [-0.25, -0.2) is 0 Å². The molecule has 0 spiro atoms. The molecule has 1 N–H and O–H groups in total. The molecule has 7 nitrogen and oxygen atoms in total. The summed E-state index contributed by atoms with van der Waals surface area (Å²) in [6.07, 6.45) is 0. The first-order chi connectivity index (χ1) is 4.72. The average molecular weight is 320 g/mol. The van der Waals surface area contributed by atoms with Crippen LogP contribution in [0, 0.1) is 0 Å². The van der Waals surface area contributed by atoms with E-state index in [9.17, 15) is 23.8 Å².